The third-order valence-corrected chi connectivity index (χ3v) is 3.49. The molecule has 0 saturated heterocycles. The zero-order valence-electron chi connectivity index (χ0n) is 10.1. The molecule has 3 nitrogen and oxygen atoms in total. The molecular formula is C16H10N2O. The van der Waals surface area contributed by atoms with E-state index < -0.39 is 0 Å². The van der Waals surface area contributed by atoms with Crippen LogP contribution in [0.5, 0.6) is 0 Å². The molecule has 90 valence electrons. The first-order valence-corrected chi connectivity index (χ1v) is 6.12. The van der Waals surface area contributed by atoms with Crippen LogP contribution in [-0.2, 0) is 0 Å². The molecule has 0 bridgehead atoms. The quantitative estimate of drug-likeness (QED) is 0.382. The second-order valence-electron chi connectivity index (χ2n) is 4.61. The fraction of sp³-hybridized carbons (Fsp3) is 0. The molecule has 0 atom stereocenters. The summed E-state index contributed by atoms with van der Waals surface area (Å²) in [5, 5.41) is 4.97. The first kappa shape index (κ1) is 10.3. The van der Waals surface area contributed by atoms with Gasteiger partial charge in [-0.05, 0) is 39.7 Å². The third-order valence-electron chi connectivity index (χ3n) is 3.49. The van der Waals surface area contributed by atoms with Crippen LogP contribution in [0.15, 0.2) is 59.7 Å². The summed E-state index contributed by atoms with van der Waals surface area (Å²) in [6.07, 6.45) is 1.44. The fourth-order valence-electron chi connectivity index (χ4n) is 2.58. The van der Waals surface area contributed by atoms with Gasteiger partial charge in [0, 0.05) is 0 Å². The highest BCUT2D eigenvalue weighted by Crippen LogP contribution is 2.26. The smallest absolute Gasteiger partial charge is 0.259 e. The molecule has 0 unspecified atom stereocenters. The van der Waals surface area contributed by atoms with Crippen molar-refractivity contribution < 1.29 is 0 Å². The van der Waals surface area contributed by atoms with Gasteiger partial charge in [0.1, 0.15) is 0 Å². The van der Waals surface area contributed by atoms with Gasteiger partial charge in [-0.25, -0.2) is 4.98 Å². The Balaban J connectivity index is 2.32. The van der Waals surface area contributed by atoms with E-state index in [1.807, 2.05) is 24.3 Å². The topological polar surface area (TPSA) is 45.8 Å². The number of hydrogen-bond acceptors (Lipinski definition) is 2. The van der Waals surface area contributed by atoms with Crippen LogP contribution in [0.4, 0.5) is 0 Å². The van der Waals surface area contributed by atoms with E-state index in [1.165, 1.54) is 11.7 Å². The highest BCUT2D eigenvalue weighted by atomic mass is 16.1. The Morgan fingerprint density at radius 1 is 0.895 bits per heavy atom. The van der Waals surface area contributed by atoms with E-state index in [1.54, 1.807) is 0 Å². The molecule has 1 aromatic heterocycles. The standard InChI is InChI=1S/C16H10N2O/c19-16-15-13-8-11-4-2-1-3-10(11)7-12(13)5-6-14(15)17-9-18-16/h1-9H,(H,17,18,19). The van der Waals surface area contributed by atoms with Crippen molar-refractivity contribution in [3.05, 3.63) is 65.2 Å². The van der Waals surface area contributed by atoms with Crippen molar-refractivity contribution in [2.45, 2.75) is 0 Å². The Bertz CT molecular complexity index is 986. The maximum Gasteiger partial charge on any atom is 0.259 e. The van der Waals surface area contributed by atoms with Gasteiger partial charge in [0.15, 0.2) is 0 Å². The summed E-state index contributed by atoms with van der Waals surface area (Å²) in [6.45, 7) is 0. The maximum atomic E-state index is 12.0. The van der Waals surface area contributed by atoms with Crippen LogP contribution in [0.25, 0.3) is 32.4 Å². The van der Waals surface area contributed by atoms with E-state index in [4.69, 9.17) is 0 Å². The highest BCUT2D eigenvalue weighted by molar-refractivity contribution is 6.10. The van der Waals surface area contributed by atoms with Crippen LogP contribution in [0.1, 0.15) is 0 Å². The van der Waals surface area contributed by atoms with Crippen molar-refractivity contribution >= 4 is 32.4 Å². The molecular weight excluding hydrogens is 236 g/mol. The van der Waals surface area contributed by atoms with E-state index in [9.17, 15) is 4.79 Å². The number of fused-ring (bicyclic) bond motifs is 4. The Labute approximate surface area is 108 Å². The van der Waals surface area contributed by atoms with Gasteiger partial charge in [-0.3, -0.25) is 4.79 Å². The molecule has 0 fully saturated rings. The van der Waals surface area contributed by atoms with Crippen molar-refractivity contribution in [3.63, 3.8) is 0 Å². The maximum absolute atomic E-state index is 12.0. The number of benzene rings is 3. The summed E-state index contributed by atoms with van der Waals surface area (Å²) in [7, 11) is 0. The monoisotopic (exact) mass is 246 g/mol. The van der Waals surface area contributed by atoms with Gasteiger partial charge in [0.05, 0.1) is 17.2 Å². The van der Waals surface area contributed by atoms with Crippen LogP contribution >= 0.6 is 0 Å². The minimum atomic E-state index is -0.0918. The van der Waals surface area contributed by atoms with E-state index in [0.29, 0.717) is 5.39 Å². The fourth-order valence-corrected chi connectivity index (χ4v) is 2.58. The predicted octanol–water partition coefficient (Wildman–Crippen LogP) is 3.23. The summed E-state index contributed by atoms with van der Waals surface area (Å²) in [5.41, 5.74) is 0.636. The first-order chi connectivity index (χ1) is 9.33. The van der Waals surface area contributed by atoms with Gasteiger partial charge in [0.25, 0.3) is 5.56 Å². The predicted molar refractivity (Wildman–Crippen MR) is 77.4 cm³/mol. The molecule has 0 saturated carbocycles. The zero-order valence-corrected chi connectivity index (χ0v) is 10.1. The van der Waals surface area contributed by atoms with Crippen molar-refractivity contribution in [3.8, 4) is 0 Å². The number of hydrogen-bond donors (Lipinski definition) is 1. The number of aromatic nitrogens is 2. The molecule has 4 rings (SSSR count). The van der Waals surface area contributed by atoms with Crippen LogP contribution in [0.2, 0.25) is 0 Å². The van der Waals surface area contributed by atoms with Gasteiger partial charge in [-0.15, -0.1) is 0 Å². The molecule has 3 aromatic carbocycles. The lowest BCUT2D eigenvalue weighted by Crippen LogP contribution is -2.06. The van der Waals surface area contributed by atoms with Crippen molar-refractivity contribution in [1.82, 2.24) is 9.97 Å². The lowest BCUT2D eigenvalue weighted by Gasteiger charge is -2.04. The minimum Gasteiger partial charge on any atom is -0.313 e. The van der Waals surface area contributed by atoms with Gasteiger partial charge in [0.2, 0.25) is 0 Å². The molecule has 0 radical (unpaired) electrons. The highest BCUT2D eigenvalue weighted by Gasteiger charge is 2.06. The molecule has 19 heavy (non-hydrogen) atoms. The van der Waals surface area contributed by atoms with E-state index in [2.05, 4.69) is 34.2 Å². The normalized spacial score (nSPS) is 11.4. The average molecular weight is 246 g/mol. The molecule has 0 aliphatic carbocycles. The van der Waals surface area contributed by atoms with Crippen LogP contribution in [0, 0.1) is 0 Å². The Hall–Kier alpha value is -2.68. The Morgan fingerprint density at radius 2 is 1.68 bits per heavy atom. The van der Waals surface area contributed by atoms with E-state index in [0.717, 1.165) is 21.7 Å². The molecule has 4 aromatic rings. The molecule has 0 aliphatic rings. The number of nitrogens with zero attached hydrogens (tertiary/aromatic N) is 1. The lowest BCUT2D eigenvalue weighted by molar-refractivity contribution is 1.17. The average Bonchev–Trinajstić information content (AvgIpc) is 2.45. The van der Waals surface area contributed by atoms with Crippen LogP contribution < -0.4 is 5.56 Å². The van der Waals surface area contributed by atoms with Crippen molar-refractivity contribution in [1.29, 1.82) is 0 Å². The first-order valence-electron chi connectivity index (χ1n) is 6.12. The third kappa shape index (κ3) is 1.45. The second kappa shape index (κ2) is 3.65. The molecule has 1 N–H and O–H groups in total. The zero-order chi connectivity index (χ0) is 12.8. The SMILES string of the molecule is O=c1[nH]cnc2ccc3cc4ccccc4cc3c12. The van der Waals surface area contributed by atoms with Crippen molar-refractivity contribution in [2.24, 2.45) is 0 Å². The van der Waals surface area contributed by atoms with Crippen LogP contribution in [-0.4, -0.2) is 9.97 Å². The van der Waals surface area contributed by atoms with Crippen molar-refractivity contribution in [2.75, 3.05) is 0 Å². The van der Waals surface area contributed by atoms with Gasteiger partial charge < -0.3 is 4.98 Å². The molecule has 0 amide bonds. The number of aromatic amines is 1. The largest absolute Gasteiger partial charge is 0.313 e. The molecule has 0 spiro atoms. The second-order valence-corrected chi connectivity index (χ2v) is 4.61. The van der Waals surface area contributed by atoms with Crippen LogP contribution in [0.3, 0.4) is 0 Å². The van der Waals surface area contributed by atoms with Gasteiger partial charge in [-0.1, -0.05) is 30.3 Å². The summed E-state index contributed by atoms with van der Waals surface area (Å²) in [5.74, 6) is 0. The molecule has 1 heterocycles. The number of rotatable bonds is 0. The summed E-state index contributed by atoms with van der Waals surface area (Å²) in [6, 6.07) is 16.2. The number of H-pyrrole nitrogens is 1. The Kier molecular flexibility index (Phi) is 1.97. The summed E-state index contributed by atoms with van der Waals surface area (Å²) < 4.78 is 0. The summed E-state index contributed by atoms with van der Waals surface area (Å²) in [4.78, 5) is 18.9. The number of nitrogens with one attached hydrogen (secondary N) is 1. The van der Waals surface area contributed by atoms with E-state index in [-0.39, 0.29) is 5.56 Å². The lowest BCUT2D eigenvalue weighted by atomic mass is 10.0. The molecule has 0 aliphatic heterocycles. The van der Waals surface area contributed by atoms with Gasteiger partial charge in [-0.2, -0.15) is 0 Å². The molecule has 3 heteroatoms. The minimum absolute atomic E-state index is 0.0918. The van der Waals surface area contributed by atoms with Gasteiger partial charge >= 0.3 is 0 Å². The summed E-state index contributed by atoms with van der Waals surface area (Å²) >= 11 is 0. The van der Waals surface area contributed by atoms with E-state index >= 15 is 0 Å². The Morgan fingerprint density at radius 3 is 2.53 bits per heavy atom.